The lowest BCUT2D eigenvalue weighted by Crippen LogP contribution is -2.23. The molecule has 0 aromatic carbocycles. The molecular weight excluding hydrogens is 150 g/mol. The Kier molecular flexibility index (Phi) is 5.64. The lowest BCUT2D eigenvalue weighted by atomic mass is 9.96. The summed E-state index contributed by atoms with van der Waals surface area (Å²) in [6.07, 6.45) is 4.39. The Labute approximate surface area is 75.0 Å². The van der Waals surface area contributed by atoms with Crippen LogP contribution in [-0.2, 0) is 0 Å². The predicted molar refractivity (Wildman–Crippen MR) is 53.6 cm³/mol. The van der Waals surface area contributed by atoms with Gasteiger partial charge in [0.1, 0.15) is 0 Å². The first-order valence-electron chi connectivity index (χ1n) is 4.44. The van der Waals surface area contributed by atoms with Crippen LogP contribution in [0.5, 0.6) is 0 Å². The summed E-state index contributed by atoms with van der Waals surface area (Å²) in [7, 11) is 1.76. The van der Waals surface area contributed by atoms with E-state index >= 15 is 0 Å². The lowest BCUT2D eigenvalue weighted by Gasteiger charge is -2.16. The largest absolute Gasteiger partial charge is 0.392 e. The van der Waals surface area contributed by atoms with Gasteiger partial charge in [-0.3, -0.25) is 4.99 Å². The van der Waals surface area contributed by atoms with E-state index < -0.39 is 0 Å². The fourth-order valence-corrected chi connectivity index (χ4v) is 1.15. The van der Waals surface area contributed by atoms with E-state index in [9.17, 15) is 5.11 Å². The number of aliphatic hydroxyl groups excluding tert-OH is 1. The van der Waals surface area contributed by atoms with Gasteiger partial charge < -0.3 is 5.11 Å². The highest BCUT2D eigenvalue weighted by Crippen LogP contribution is 2.09. The molecule has 0 spiro atoms. The smallest absolute Gasteiger partial charge is 0.0618 e. The standard InChI is InChI=1S/C10H19NO/c1-5-7-9(11-4)8(3)10(12)6-2/h5,7-8,10,12H,6H2,1-4H3. The molecule has 0 bridgehead atoms. The van der Waals surface area contributed by atoms with Gasteiger partial charge in [0.05, 0.1) is 6.10 Å². The van der Waals surface area contributed by atoms with E-state index in [0.29, 0.717) is 0 Å². The first-order chi connectivity index (χ1) is 5.67. The number of aliphatic hydroxyl groups is 1. The molecule has 0 fully saturated rings. The van der Waals surface area contributed by atoms with Gasteiger partial charge in [-0.2, -0.15) is 0 Å². The zero-order chi connectivity index (χ0) is 9.56. The van der Waals surface area contributed by atoms with Gasteiger partial charge in [-0.05, 0) is 19.4 Å². The number of allylic oxidation sites excluding steroid dienone is 2. The quantitative estimate of drug-likeness (QED) is 0.642. The van der Waals surface area contributed by atoms with Gasteiger partial charge in [0.15, 0.2) is 0 Å². The SMILES string of the molecule is CC=CC(=NC)C(C)C(O)CC. The molecule has 2 atom stereocenters. The summed E-state index contributed by atoms with van der Waals surface area (Å²) in [4.78, 5) is 4.12. The highest BCUT2D eigenvalue weighted by Gasteiger charge is 2.15. The van der Waals surface area contributed by atoms with Gasteiger partial charge in [0.2, 0.25) is 0 Å². The minimum atomic E-state index is -0.278. The van der Waals surface area contributed by atoms with Gasteiger partial charge in [-0.15, -0.1) is 0 Å². The van der Waals surface area contributed by atoms with Gasteiger partial charge >= 0.3 is 0 Å². The van der Waals surface area contributed by atoms with Crippen molar-refractivity contribution in [2.75, 3.05) is 7.05 Å². The van der Waals surface area contributed by atoms with Crippen LogP contribution in [0, 0.1) is 5.92 Å². The second kappa shape index (κ2) is 5.95. The molecule has 0 aromatic rings. The molecule has 0 rings (SSSR count). The van der Waals surface area contributed by atoms with Crippen LogP contribution in [0.1, 0.15) is 27.2 Å². The third-order valence-electron chi connectivity index (χ3n) is 2.06. The molecule has 0 radical (unpaired) electrons. The average Bonchev–Trinajstić information content (AvgIpc) is 2.11. The summed E-state index contributed by atoms with van der Waals surface area (Å²) in [5.74, 6) is 0.135. The molecule has 0 aromatic heterocycles. The van der Waals surface area contributed by atoms with E-state index in [1.54, 1.807) is 7.05 Å². The van der Waals surface area contributed by atoms with Crippen molar-refractivity contribution in [1.29, 1.82) is 0 Å². The molecule has 0 amide bonds. The van der Waals surface area contributed by atoms with Gasteiger partial charge in [0.25, 0.3) is 0 Å². The fourth-order valence-electron chi connectivity index (χ4n) is 1.15. The molecule has 2 unspecified atom stereocenters. The normalized spacial score (nSPS) is 18.2. The zero-order valence-corrected chi connectivity index (χ0v) is 8.41. The van der Waals surface area contributed by atoms with Crippen LogP contribution in [0.15, 0.2) is 17.1 Å². The average molecular weight is 169 g/mol. The zero-order valence-electron chi connectivity index (χ0n) is 8.41. The Morgan fingerprint density at radius 3 is 2.50 bits per heavy atom. The Morgan fingerprint density at radius 2 is 2.17 bits per heavy atom. The molecule has 0 aliphatic rings. The van der Waals surface area contributed by atoms with Crippen molar-refractivity contribution in [1.82, 2.24) is 0 Å². The molecule has 0 heterocycles. The minimum Gasteiger partial charge on any atom is -0.392 e. The van der Waals surface area contributed by atoms with E-state index in [1.807, 2.05) is 32.9 Å². The van der Waals surface area contributed by atoms with Crippen LogP contribution in [0.4, 0.5) is 0 Å². The molecule has 2 heteroatoms. The molecule has 1 N–H and O–H groups in total. The van der Waals surface area contributed by atoms with E-state index in [1.165, 1.54) is 0 Å². The van der Waals surface area contributed by atoms with Crippen LogP contribution >= 0.6 is 0 Å². The van der Waals surface area contributed by atoms with Crippen molar-refractivity contribution in [2.45, 2.75) is 33.3 Å². The first kappa shape index (κ1) is 11.4. The lowest BCUT2D eigenvalue weighted by molar-refractivity contribution is 0.141. The van der Waals surface area contributed by atoms with Crippen molar-refractivity contribution in [3.63, 3.8) is 0 Å². The molecule has 70 valence electrons. The second-order valence-corrected chi connectivity index (χ2v) is 2.91. The van der Waals surface area contributed by atoms with Crippen LogP contribution < -0.4 is 0 Å². The number of rotatable bonds is 4. The van der Waals surface area contributed by atoms with Crippen molar-refractivity contribution < 1.29 is 5.11 Å². The highest BCUT2D eigenvalue weighted by molar-refractivity contribution is 5.96. The van der Waals surface area contributed by atoms with Crippen molar-refractivity contribution in [3.8, 4) is 0 Å². The molecular formula is C10H19NO. The number of nitrogens with zero attached hydrogens (tertiary/aromatic N) is 1. The molecule has 0 aliphatic carbocycles. The van der Waals surface area contributed by atoms with Crippen molar-refractivity contribution >= 4 is 5.71 Å². The molecule has 12 heavy (non-hydrogen) atoms. The van der Waals surface area contributed by atoms with Crippen molar-refractivity contribution in [3.05, 3.63) is 12.2 Å². The second-order valence-electron chi connectivity index (χ2n) is 2.91. The van der Waals surface area contributed by atoms with Crippen LogP contribution in [0.2, 0.25) is 0 Å². The predicted octanol–water partition coefficient (Wildman–Crippen LogP) is 2.04. The summed E-state index contributed by atoms with van der Waals surface area (Å²) in [6, 6.07) is 0. The van der Waals surface area contributed by atoms with E-state index in [-0.39, 0.29) is 12.0 Å². The summed E-state index contributed by atoms with van der Waals surface area (Å²) >= 11 is 0. The molecule has 0 saturated carbocycles. The molecule has 2 nitrogen and oxygen atoms in total. The molecule has 0 saturated heterocycles. The summed E-state index contributed by atoms with van der Waals surface area (Å²) < 4.78 is 0. The fraction of sp³-hybridized carbons (Fsp3) is 0.700. The van der Waals surface area contributed by atoms with E-state index in [0.717, 1.165) is 12.1 Å². The third-order valence-corrected chi connectivity index (χ3v) is 2.06. The Bertz CT molecular complexity index is 173. The number of hydrogen-bond donors (Lipinski definition) is 1. The summed E-state index contributed by atoms with van der Waals surface area (Å²) in [5, 5.41) is 9.54. The maximum Gasteiger partial charge on any atom is 0.0618 e. The van der Waals surface area contributed by atoms with Gasteiger partial charge in [0, 0.05) is 18.7 Å². The third kappa shape index (κ3) is 3.18. The Hall–Kier alpha value is -0.630. The Morgan fingerprint density at radius 1 is 1.58 bits per heavy atom. The van der Waals surface area contributed by atoms with E-state index in [2.05, 4.69) is 4.99 Å². The Balaban J connectivity index is 4.32. The maximum atomic E-state index is 9.54. The van der Waals surface area contributed by atoms with Gasteiger partial charge in [-0.1, -0.05) is 19.9 Å². The maximum absolute atomic E-state index is 9.54. The summed E-state index contributed by atoms with van der Waals surface area (Å²) in [6.45, 7) is 5.93. The topological polar surface area (TPSA) is 32.6 Å². The van der Waals surface area contributed by atoms with Crippen LogP contribution in [-0.4, -0.2) is 24.0 Å². The number of aliphatic imine (C=N–C) groups is 1. The first-order valence-corrected chi connectivity index (χ1v) is 4.44. The highest BCUT2D eigenvalue weighted by atomic mass is 16.3. The molecule has 0 aliphatic heterocycles. The summed E-state index contributed by atoms with van der Waals surface area (Å²) in [5.41, 5.74) is 0.965. The minimum absolute atomic E-state index is 0.135. The van der Waals surface area contributed by atoms with Gasteiger partial charge in [-0.25, -0.2) is 0 Å². The van der Waals surface area contributed by atoms with Crippen LogP contribution in [0.3, 0.4) is 0 Å². The monoisotopic (exact) mass is 169 g/mol. The van der Waals surface area contributed by atoms with E-state index in [4.69, 9.17) is 0 Å². The van der Waals surface area contributed by atoms with Crippen LogP contribution in [0.25, 0.3) is 0 Å². The van der Waals surface area contributed by atoms with Crippen molar-refractivity contribution in [2.24, 2.45) is 10.9 Å². The number of hydrogen-bond acceptors (Lipinski definition) is 2.